The molecule has 1 saturated heterocycles. The van der Waals surface area contributed by atoms with Crippen molar-refractivity contribution in [3.05, 3.63) is 46.9 Å². The minimum atomic E-state index is -0.273. The lowest BCUT2D eigenvalue weighted by atomic mass is 9.72. The lowest BCUT2D eigenvalue weighted by Gasteiger charge is -2.32. The van der Waals surface area contributed by atoms with Gasteiger partial charge in [-0.25, -0.2) is 0 Å². The van der Waals surface area contributed by atoms with Crippen molar-refractivity contribution in [3.8, 4) is 0 Å². The molecular weight excluding hydrogens is 297 g/mol. The summed E-state index contributed by atoms with van der Waals surface area (Å²) < 4.78 is 12.7. The highest BCUT2D eigenvalue weighted by Crippen LogP contribution is 2.40. The largest absolute Gasteiger partial charge is 0.491 e. The van der Waals surface area contributed by atoms with E-state index < -0.39 is 0 Å². The van der Waals surface area contributed by atoms with Crippen molar-refractivity contribution in [3.63, 3.8) is 0 Å². The van der Waals surface area contributed by atoms with E-state index in [0.717, 1.165) is 32.5 Å². The summed E-state index contributed by atoms with van der Waals surface area (Å²) >= 11 is 0. The van der Waals surface area contributed by atoms with Gasteiger partial charge < -0.3 is 9.31 Å². The van der Waals surface area contributed by atoms with E-state index in [4.69, 9.17) is 9.31 Å². The van der Waals surface area contributed by atoms with Gasteiger partial charge in [0.2, 0.25) is 0 Å². The van der Waals surface area contributed by atoms with Crippen LogP contribution < -0.4 is 0 Å². The number of hydrogen-bond acceptors (Lipinski definition) is 3. The van der Waals surface area contributed by atoms with E-state index in [1.165, 1.54) is 16.6 Å². The lowest BCUT2D eigenvalue weighted by Crippen LogP contribution is -2.41. The molecule has 1 aromatic rings. The molecule has 2 aliphatic rings. The second-order valence-corrected chi connectivity index (χ2v) is 8.02. The van der Waals surface area contributed by atoms with Crippen molar-refractivity contribution < 1.29 is 9.31 Å². The Morgan fingerprint density at radius 3 is 2.25 bits per heavy atom. The molecule has 130 valence electrons. The molecule has 0 aliphatic carbocycles. The van der Waals surface area contributed by atoms with Crippen LogP contribution in [0.3, 0.4) is 0 Å². The third-order valence-electron chi connectivity index (χ3n) is 5.79. The van der Waals surface area contributed by atoms with Gasteiger partial charge in [-0.15, -0.1) is 0 Å². The van der Waals surface area contributed by atoms with Crippen LogP contribution in [0.25, 0.3) is 0 Å². The Morgan fingerprint density at radius 2 is 1.67 bits per heavy atom. The molecule has 1 aromatic carbocycles. The van der Waals surface area contributed by atoms with Crippen LogP contribution in [0.2, 0.25) is 0 Å². The van der Waals surface area contributed by atoms with Crippen LogP contribution in [0.1, 0.15) is 53.0 Å². The molecule has 2 aliphatic heterocycles. The van der Waals surface area contributed by atoms with Gasteiger partial charge >= 0.3 is 7.12 Å². The average Bonchev–Trinajstić information content (AvgIpc) is 2.76. The van der Waals surface area contributed by atoms with Crippen molar-refractivity contribution in [1.29, 1.82) is 0 Å². The quantitative estimate of drug-likeness (QED) is 0.773. The third-order valence-corrected chi connectivity index (χ3v) is 5.79. The van der Waals surface area contributed by atoms with Gasteiger partial charge in [0.1, 0.15) is 0 Å². The third kappa shape index (κ3) is 3.46. The van der Waals surface area contributed by atoms with E-state index in [0.29, 0.717) is 0 Å². The number of benzene rings is 1. The first-order chi connectivity index (χ1) is 11.3. The second kappa shape index (κ2) is 6.66. The minimum absolute atomic E-state index is 0.205. The first kappa shape index (κ1) is 17.7. The molecule has 0 bridgehead atoms. The maximum Gasteiger partial charge on any atom is 0.491 e. The first-order valence-electron chi connectivity index (χ1n) is 9.15. The maximum absolute atomic E-state index is 6.33. The topological polar surface area (TPSA) is 21.7 Å². The summed E-state index contributed by atoms with van der Waals surface area (Å²) in [6.07, 6.45) is 2.20. The summed E-state index contributed by atoms with van der Waals surface area (Å²) in [6.45, 7) is 13.8. The van der Waals surface area contributed by atoms with Crippen LogP contribution in [0.15, 0.2) is 41.4 Å². The van der Waals surface area contributed by atoms with E-state index >= 15 is 0 Å². The van der Waals surface area contributed by atoms with Gasteiger partial charge in [0, 0.05) is 19.6 Å². The Labute approximate surface area is 147 Å². The lowest BCUT2D eigenvalue weighted by molar-refractivity contribution is 0.00578. The summed E-state index contributed by atoms with van der Waals surface area (Å²) in [5.41, 5.74) is 3.68. The fraction of sp³-hybridized carbons (Fsp3) is 0.600. The standard InChI is InChI=1S/C20H30BNO2/c1-6-17-12-13-22(14-16-10-8-7-9-11-16)15-18(17)21-23-19(2,3)20(4,5)24-21/h7-11H,6,12-15H2,1-5H3. The molecule has 0 atom stereocenters. The molecule has 0 N–H and O–H groups in total. The highest BCUT2D eigenvalue weighted by molar-refractivity contribution is 6.55. The van der Waals surface area contributed by atoms with E-state index in [2.05, 4.69) is 69.9 Å². The van der Waals surface area contributed by atoms with Crippen molar-refractivity contribution in [2.24, 2.45) is 0 Å². The maximum atomic E-state index is 6.33. The Balaban J connectivity index is 1.76. The second-order valence-electron chi connectivity index (χ2n) is 8.02. The highest BCUT2D eigenvalue weighted by Gasteiger charge is 2.53. The average molecular weight is 327 g/mol. The van der Waals surface area contributed by atoms with Crippen molar-refractivity contribution in [2.75, 3.05) is 13.1 Å². The van der Waals surface area contributed by atoms with Gasteiger partial charge in [0.25, 0.3) is 0 Å². The first-order valence-corrected chi connectivity index (χ1v) is 9.15. The molecule has 4 heteroatoms. The normalized spacial score (nSPS) is 23.8. The molecule has 1 fully saturated rings. The number of rotatable bonds is 4. The monoisotopic (exact) mass is 327 g/mol. The van der Waals surface area contributed by atoms with Crippen molar-refractivity contribution in [1.82, 2.24) is 4.90 Å². The Hall–Kier alpha value is -1.10. The molecule has 2 heterocycles. The summed E-state index contributed by atoms with van der Waals surface area (Å²) in [6, 6.07) is 10.7. The number of nitrogens with zero attached hydrogens (tertiary/aromatic N) is 1. The van der Waals surface area contributed by atoms with E-state index in [1.54, 1.807) is 0 Å². The molecule has 3 nitrogen and oxygen atoms in total. The Bertz CT molecular complexity index is 593. The summed E-state index contributed by atoms with van der Waals surface area (Å²) in [7, 11) is -0.205. The van der Waals surface area contributed by atoms with Crippen LogP contribution in [-0.2, 0) is 15.9 Å². The van der Waals surface area contributed by atoms with Crippen molar-refractivity contribution in [2.45, 2.75) is 65.2 Å². The Morgan fingerprint density at radius 1 is 1.04 bits per heavy atom. The van der Waals surface area contributed by atoms with Gasteiger partial charge in [-0.05, 0) is 51.6 Å². The molecular formula is C20H30BNO2. The van der Waals surface area contributed by atoms with Crippen LogP contribution in [0.4, 0.5) is 0 Å². The highest BCUT2D eigenvalue weighted by atomic mass is 16.7. The Kier molecular flexibility index (Phi) is 4.92. The minimum Gasteiger partial charge on any atom is -0.400 e. The van der Waals surface area contributed by atoms with Crippen LogP contribution in [-0.4, -0.2) is 36.3 Å². The summed E-state index contributed by atoms with van der Waals surface area (Å²) in [5.74, 6) is 0. The molecule has 0 radical (unpaired) electrons. The van der Waals surface area contributed by atoms with Crippen LogP contribution >= 0.6 is 0 Å². The molecule has 0 spiro atoms. The van der Waals surface area contributed by atoms with E-state index in [1.807, 2.05) is 0 Å². The van der Waals surface area contributed by atoms with Gasteiger partial charge in [-0.2, -0.15) is 0 Å². The van der Waals surface area contributed by atoms with Gasteiger partial charge in [-0.1, -0.05) is 42.8 Å². The molecule has 0 unspecified atom stereocenters. The van der Waals surface area contributed by atoms with Crippen molar-refractivity contribution >= 4 is 7.12 Å². The van der Waals surface area contributed by atoms with Gasteiger partial charge in [0.05, 0.1) is 11.2 Å². The van der Waals surface area contributed by atoms with Crippen LogP contribution in [0.5, 0.6) is 0 Å². The number of hydrogen-bond donors (Lipinski definition) is 0. The molecule has 0 aromatic heterocycles. The molecule has 0 saturated carbocycles. The summed E-state index contributed by atoms with van der Waals surface area (Å²) in [5, 5.41) is 0. The zero-order valence-electron chi connectivity index (χ0n) is 15.8. The molecule has 0 amide bonds. The van der Waals surface area contributed by atoms with E-state index in [-0.39, 0.29) is 18.3 Å². The fourth-order valence-electron chi connectivity index (χ4n) is 3.49. The predicted molar refractivity (Wildman–Crippen MR) is 99.7 cm³/mol. The fourth-order valence-corrected chi connectivity index (χ4v) is 3.49. The van der Waals surface area contributed by atoms with Crippen LogP contribution in [0, 0.1) is 0 Å². The molecule has 3 rings (SSSR count). The van der Waals surface area contributed by atoms with E-state index in [9.17, 15) is 0 Å². The summed E-state index contributed by atoms with van der Waals surface area (Å²) in [4.78, 5) is 2.51. The van der Waals surface area contributed by atoms with Gasteiger partial charge in [-0.3, -0.25) is 4.90 Å². The zero-order valence-corrected chi connectivity index (χ0v) is 15.8. The SMILES string of the molecule is CCC1=C(B2OC(C)(C)C(C)(C)O2)CN(Cc2ccccc2)CC1. The molecule has 24 heavy (non-hydrogen) atoms. The van der Waals surface area contributed by atoms with Gasteiger partial charge in [0.15, 0.2) is 0 Å². The smallest absolute Gasteiger partial charge is 0.400 e. The zero-order chi connectivity index (χ0) is 17.4. The predicted octanol–water partition coefficient (Wildman–Crippen LogP) is 4.23.